The molecule has 0 atom stereocenters. The third-order valence-corrected chi connectivity index (χ3v) is 11.9. The largest absolute Gasteiger partial charge is 0.456 e. The SMILES string of the molecule is c1ccc(-c2nc(-c3cccc(-c4cccc(-n5c6ccccc6c6ccc(-c7ccccc7-c7ccccc7)cc65)c4)c3)nc(-c3ccc4oc5ccccc5c4c3)n2)cc1. The molecule has 9 aromatic carbocycles. The standard InChI is InChI=1S/C57H36N4O/c1-3-15-37(16-4-1)45-23-7-8-24-46(45)41-29-31-48-47-25-9-11-27-51(47)61(52(48)36-41)44-22-14-20-40(34-44)39-19-13-21-42(33-39)56-58-55(38-17-5-2-6-18-38)59-57(60-56)43-30-32-54-50(35-43)49-26-10-12-28-53(49)62-54/h1-36H. The molecule has 0 aliphatic rings. The fraction of sp³-hybridized carbons (Fsp3) is 0. The molecular weight excluding hydrogens is 757 g/mol. The smallest absolute Gasteiger partial charge is 0.164 e. The van der Waals surface area contributed by atoms with Gasteiger partial charge in [0.2, 0.25) is 0 Å². The van der Waals surface area contributed by atoms with Crippen molar-refractivity contribution >= 4 is 43.7 Å². The normalized spacial score (nSPS) is 11.5. The molecule has 3 aromatic heterocycles. The van der Waals surface area contributed by atoms with Crippen LogP contribution in [0.25, 0.3) is 117 Å². The van der Waals surface area contributed by atoms with Gasteiger partial charge in [0.15, 0.2) is 17.5 Å². The molecule has 290 valence electrons. The van der Waals surface area contributed by atoms with Crippen molar-refractivity contribution in [2.24, 2.45) is 0 Å². The summed E-state index contributed by atoms with van der Waals surface area (Å²) in [6.45, 7) is 0. The predicted molar refractivity (Wildman–Crippen MR) is 254 cm³/mol. The highest BCUT2D eigenvalue weighted by Crippen LogP contribution is 2.39. The second kappa shape index (κ2) is 14.7. The lowest BCUT2D eigenvalue weighted by Crippen LogP contribution is -2.00. The Balaban J connectivity index is 0.971. The Labute approximate surface area is 357 Å². The highest BCUT2D eigenvalue weighted by atomic mass is 16.3. The monoisotopic (exact) mass is 792 g/mol. The molecule has 0 fully saturated rings. The van der Waals surface area contributed by atoms with E-state index in [4.69, 9.17) is 19.4 Å². The van der Waals surface area contributed by atoms with Crippen LogP contribution in [0.1, 0.15) is 0 Å². The summed E-state index contributed by atoms with van der Waals surface area (Å²) in [7, 11) is 0. The van der Waals surface area contributed by atoms with E-state index in [-0.39, 0.29) is 0 Å². The molecule has 12 rings (SSSR count). The number of benzene rings is 9. The zero-order chi connectivity index (χ0) is 41.0. The van der Waals surface area contributed by atoms with Crippen molar-refractivity contribution in [2.45, 2.75) is 0 Å². The lowest BCUT2D eigenvalue weighted by molar-refractivity contribution is 0.669. The van der Waals surface area contributed by atoms with Gasteiger partial charge in [-0.25, -0.2) is 15.0 Å². The zero-order valence-corrected chi connectivity index (χ0v) is 33.5. The summed E-state index contributed by atoms with van der Waals surface area (Å²) in [6.07, 6.45) is 0. The third kappa shape index (κ3) is 6.14. The number of rotatable bonds is 7. The highest BCUT2D eigenvalue weighted by Gasteiger charge is 2.18. The fourth-order valence-electron chi connectivity index (χ4n) is 8.90. The fourth-order valence-corrected chi connectivity index (χ4v) is 8.90. The van der Waals surface area contributed by atoms with E-state index in [1.54, 1.807) is 0 Å². The number of aromatic nitrogens is 4. The second-order valence-electron chi connectivity index (χ2n) is 15.6. The number of nitrogens with zero attached hydrogens (tertiary/aromatic N) is 4. The van der Waals surface area contributed by atoms with Crippen molar-refractivity contribution in [3.8, 4) is 73.2 Å². The lowest BCUT2D eigenvalue weighted by Gasteiger charge is -2.13. The summed E-state index contributed by atoms with van der Waals surface area (Å²) in [5.41, 5.74) is 14.8. The number of hydrogen-bond acceptors (Lipinski definition) is 4. The summed E-state index contributed by atoms with van der Waals surface area (Å²) in [5, 5.41) is 4.53. The Kier molecular flexibility index (Phi) is 8.42. The molecule has 0 spiro atoms. The molecular formula is C57H36N4O. The van der Waals surface area contributed by atoms with Gasteiger partial charge in [0.05, 0.1) is 11.0 Å². The molecule has 0 bridgehead atoms. The van der Waals surface area contributed by atoms with Gasteiger partial charge in [-0.15, -0.1) is 0 Å². The van der Waals surface area contributed by atoms with E-state index in [2.05, 4.69) is 162 Å². The van der Waals surface area contributed by atoms with Crippen molar-refractivity contribution in [1.82, 2.24) is 19.5 Å². The minimum Gasteiger partial charge on any atom is -0.456 e. The Morgan fingerprint density at radius 1 is 0.290 bits per heavy atom. The Hall–Kier alpha value is -8.41. The molecule has 0 N–H and O–H groups in total. The van der Waals surface area contributed by atoms with Crippen molar-refractivity contribution in [3.05, 3.63) is 218 Å². The van der Waals surface area contributed by atoms with Crippen LogP contribution in [0.2, 0.25) is 0 Å². The van der Waals surface area contributed by atoms with Crippen LogP contribution in [0.5, 0.6) is 0 Å². The summed E-state index contributed by atoms with van der Waals surface area (Å²) in [5.74, 6) is 1.83. The van der Waals surface area contributed by atoms with E-state index in [9.17, 15) is 0 Å². The molecule has 0 saturated heterocycles. The quantitative estimate of drug-likeness (QED) is 0.161. The van der Waals surface area contributed by atoms with Crippen molar-refractivity contribution in [1.29, 1.82) is 0 Å². The maximum Gasteiger partial charge on any atom is 0.164 e. The van der Waals surface area contributed by atoms with Crippen LogP contribution in [0.3, 0.4) is 0 Å². The first-order valence-electron chi connectivity index (χ1n) is 20.8. The number of para-hydroxylation sites is 2. The summed E-state index contributed by atoms with van der Waals surface area (Å²) in [4.78, 5) is 15.2. The van der Waals surface area contributed by atoms with E-state index in [1.807, 2.05) is 60.7 Å². The molecule has 5 heteroatoms. The topological polar surface area (TPSA) is 56.7 Å². The molecule has 12 aromatic rings. The molecule has 0 saturated carbocycles. The van der Waals surface area contributed by atoms with Crippen LogP contribution in [-0.4, -0.2) is 19.5 Å². The summed E-state index contributed by atoms with van der Waals surface area (Å²) in [6, 6.07) is 76.6. The van der Waals surface area contributed by atoms with Crippen LogP contribution in [0.15, 0.2) is 223 Å². The molecule has 5 nitrogen and oxygen atoms in total. The van der Waals surface area contributed by atoms with Crippen LogP contribution < -0.4 is 0 Å². The molecule has 62 heavy (non-hydrogen) atoms. The van der Waals surface area contributed by atoms with Gasteiger partial charge in [0, 0.05) is 43.9 Å². The van der Waals surface area contributed by atoms with Crippen LogP contribution in [0, 0.1) is 0 Å². The number of hydrogen-bond donors (Lipinski definition) is 0. The maximum absolute atomic E-state index is 6.15. The van der Waals surface area contributed by atoms with Gasteiger partial charge in [-0.1, -0.05) is 164 Å². The maximum atomic E-state index is 6.15. The second-order valence-corrected chi connectivity index (χ2v) is 15.6. The van der Waals surface area contributed by atoms with Crippen LogP contribution in [0.4, 0.5) is 0 Å². The van der Waals surface area contributed by atoms with Gasteiger partial charge >= 0.3 is 0 Å². The molecule has 0 radical (unpaired) electrons. The van der Waals surface area contributed by atoms with Crippen molar-refractivity contribution in [2.75, 3.05) is 0 Å². The van der Waals surface area contributed by atoms with Gasteiger partial charge in [-0.3, -0.25) is 0 Å². The van der Waals surface area contributed by atoms with Crippen LogP contribution >= 0.6 is 0 Å². The Morgan fingerprint density at radius 3 is 1.61 bits per heavy atom. The van der Waals surface area contributed by atoms with E-state index >= 15 is 0 Å². The zero-order valence-electron chi connectivity index (χ0n) is 33.5. The first-order valence-corrected chi connectivity index (χ1v) is 20.8. The highest BCUT2D eigenvalue weighted by molar-refractivity contribution is 6.11. The third-order valence-electron chi connectivity index (χ3n) is 11.9. The Morgan fingerprint density at radius 2 is 0.823 bits per heavy atom. The number of furan rings is 1. The van der Waals surface area contributed by atoms with E-state index in [0.717, 1.165) is 66.5 Å². The minimum absolute atomic E-state index is 0.602. The summed E-state index contributed by atoms with van der Waals surface area (Å²) >= 11 is 0. The van der Waals surface area contributed by atoms with Gasteiger partial charge < -0.3 is 8.98 Å². The van der Waals surface area contributed by atoms with Gasteiger partial charge in [-0.2, -0.15) is 0 Å². The van der Waals surface area contributed by atoms with Crippen LogP contribution in [-0.2, 0) is 0 Å². The lowest BCUT2D eigenvalue weighted by atomic mass is 9.94. The van der Waals surface area contributed by atoms with Crippen molar-refractivity contribution in [3.63, 3.8) is 0 Å². The first kappa shape index (κ1) is 35.5. The molecule has 0 aliphatic carbocycles. The average molecular weight is 793 g/mol. The van der Waals surface area contributed by atoms with E-state index < -0.39 is 0 Å². The predicted octanol–water partition coefficient (Wildman–Crippen LogP) is 14.9. The van der Waals surface area contributed by atoms with E-state index in [1.165, 1.54) is 33.0 Å². The average Bonchev–Trinajstić information content (AvgIpc) is 3.89. The van der Waals surface area contributed by atoms with Gasteiger partial charge in [0.1, 0.15) is 11.2 Å². The molecule has 0 amide bonds. The van der Waals surface area contributed by atoms with Crippen molar-refractivity contribution < 1.29 is 4.42 Å². The molecule has 3 heterocycles. The van der Waals surface area contributed by atoms with Gasteiger partial charge in [0.25, 0.3) is 0 Å². The molecule has 0 aliphatic heterocycles. The summed E-state index contributed by atoms with van der Waals surface area (Å²) < 4.78 is 8.55. The Bertz CT molecular complexity index is 3640. The molecule has 0 unspecified atom stereocenters. The first-order chi connectivity index (χ1) is 30.7. The number of fused-ring (bicyclic) bond motifs is 6. The minimum atomic E-state index is 0.602. The van der Waals surface area contributed by atoms with Gasteiger partial charge in [-0.05, 0) is 88.0 Å². The van der Waals surface area contributed by atoms with E-state index in [0.29, 0.717) is 17.5 Å².